The summed E-state index contributed by atoms with van der Waals surface area (Å²) in [6.45, 7) is 1.57. The lowest BCUT2D eigenvalue weighted by atomic mass is 9.93. The van der Waals surface area contributed by atoms with Crippen LogP contribution in [0.4, 0.5) is 5.82 Å². The fourth-order valence-electron chi connectivity index (χ4n) is 3.28. The van der Waals surface area contributed by atoms with Gasteiger partial charge in [0, 0.05) is 45.8 Å². The number of aromatic nitrogens is 3. The third-order valence-corrected chi connectivity index (χ3v) is 4.53. The maximum Gasteiger partial charge on any atom is 0.260 e. The lowest BCUT2D eigenvalue weighted by Crippen LogP contribution is -2.42. The lowest BCUT2D eigenvalue weighted by molar-refractivity contribution is -0.135. The van der Waals surface area contributed by atoms with E-state index in [4.69, 9.17) is 4.74 Å². The fraction of sp³-hybridized carbons (Fsp3) is 0.474. The number of hydrogen-bond donors (Lipinski definition) is 0. The van der Waals surface area contributed by atoms with Gasteiger partial charge in [0.2, 0.25) is 0 Å². The average Bonchev–Trinajstić information content (AvgIpc) is 2.67. The Morgan fingerprint density at radius 3 is 2.92 bits per heavy atom. The van der Waals surface area contributed by atoms with Gasteiger partial charge in [0.1, 0.15) is 11.6 Å². The highest BCUT2D eigenvalue weighted by Crippen LogP contribution is 2.23. The Bertz CT molecular complexity index is 723. The van der Waals surface area contributed by atoms with Gasteiger partial charge in [-0.3, -0.25) is 14.8 Å². The van der Waals surface area contributed by atoms with Gasteiger partial charge in [-0.25, -0.2) is 4.98 Å². The number of ether oxygens (including phenoxy) is 1. The maximum absolute atomic E-state index is 12.5. The molecule has 2 aromatic rings. The first-order valence-electron chi connectivity index (χ1n) is 8.91. The molecule has 0 radical (unpaired) electrons. The van der Waals surface area contributed by atoms with Crippen LogP contribution in [0.3, 0.4) is 0 Å². The fourth-order valence-corrected chi connectivity index (χ4v) is 3.28. The molecule has 7 heteroatoms. The number of hydrogen-bond acceptors (Lipinski definition) is 6. The molecule has 138 valence electrons. The summed E-state index contributed by atoms with van der Waals surface area (Å²) >= 11 is 0. The molecule has 0 aliphatic carbocycles. The number of nitrogens with zero attached hydrogens (tertiary/aromatic N) is 5. The number of piperidine rings is 1. The average molecular weight is 355 g/mol. The molecule has 26 heavy (non-hydrogen) atoms. The first kappa shape index (κ1) is 18.1. The Hall–Kier alpha value is -2.70. The lowest BCUT2D eigenvalue weighted by Gasteiger charge is -2.33. The number of carbonyl (C=O) groups is 1. The number of likely N-dealkylation sites (tertiary alicyclic amines) is 1. The minimum atomic E-state index is 0.0190. The van der Waals surface area contributed by atoms with Gasteiger partial charge in [0.15, 0.2) is 6.61 Å². The van der Waals surface area contributed by atoms with Crippen LogP contribution in [0.25, 0.3) is 0 Å². The quantitative estimate of drug-likeness (QED) is 0.787. The van der Waals surface area contributed by atoms with Crippen LogP contribution in [0.5, 0.6) is 5.75 Å². The van der Waals surface area contributed by atoms with Crippen LogP contribution in [-0.2, 0) is 11.2 Å². The molecule has 0 bridgehead atoms. The Morgan fingerprint density at radius 2 is 2.15 bits per heavy atom. The molecule has 1 amide bonds. The van der Waals surface area contributed by atoms with E-state index >= 15 is 0 Å². The van der Waals surface area contributed by atoms with E-state index in [-0.39, 0.29) is 12.5 Å². The van der Waals surface area contributed by atoms with Gasteiger partial charge in [-0.2, -0.15) is 0 Å². The smallest absolute Gasteiger partial charge is 0.260 e. The van der Waals surface area contributed by atoms with Gasteiger partial charge in [0.25, 0.3) is 5.91 Å². The monoisotopic (exact) mass is 355 g/mol. The maximum atomic E-state index is 12.5. The summed E-state index contributed by atoms with van der Waals surface area (Å²) in [5.41, 5.74) is 0.989. The molecule has 2 aromatic heterocycles. The third-order valence-electron chi connectivity index (χ3n) is 4.53. The summed E-state index contributed by atoms with van der Waals surface area (Å²) in [6.07, 6.45) is 9.66. The van der Waals surface area contributed by atoms with Crippen LogP contribution in [0.2, 0.25) is 0 Å². The molecule has 3 heterocycles. The molecule has 1 saturated heterocycles. The molecular formula is C19H25N5O2. The van der Waals surface area contributed by atoms with Crippen LogP contribution < -0.4 is 9.64 Å². The first-order chi connectivity index (χ1) is 12.6. The number of pyridine rings is 1. The van der Waals surface area contributed by atoms with Crippen molar-refractivity contribution >= 4 is 11.7 Å². The van der Waals surface area contributed by atoms with E-state index in [9.17, 15) is 4.79 Å². The zero-order valence-corrected chi connectivity index (χ0v) is 15.3. The van der Waals surface area contributed by atoms with Gasteiger partial charge in [-0.1, -0.05) is 0 Å². The highest BCUT2D eigenvalue weighted by atomic mass is 16.5. The van der Waals surface area contributed by atoms with Crippen molar-refractivity contribution in [2.45, 2.75) is 19.3 Å². The van der Waals surface area contributed by atoms with Crippen LogP contribution in [0, 0.1) is 5.92 Å². The van der Waals surface area contributed by atoms with Crippen molar-refractivity contribution in [2.24, 2.45) is 5.92 Å². The zero-order valence-electron chi connectivity index (χ0n) is 15.3. The van der Waals surface area contributed by atoms with E-state index in [0.29, 0.717) is 11.7 Å². The van der Waals surface area contributed by atoms with Gasteiger partial charge < -0.3 is 14.5 Å². The van der Waals surface area contributed by atoms with Crippen molar-refractivity contribution in [3.63, 3.8) is 0 Å². The van der Waals surface area contributed by atoms with Crippen molar-refractivity contribution in [3.05, 3.63) is 42.6 Å². The second kappa shape index (κ2) is 8.60. The summed E-state index contributed by atoms with van der Waals surface area (Å²) in [4.78, 5) is 29.3. The summed E-state index contributed by atoms with van der Waals surface area (Å²) in [5, 5.41) is 0. The van der Waals surface area contributed by atoms with Crippen LogP contribution >= 0.6 is 0 Å². The SMILES string of the molecule is CN(C)c1nccnc1CC1CCCN(C(=O)COc2cccnc2)C1. The largest absolute Gasteiger partial charge is 0.482 e. The zero-order chi connectivity index (χ0) is 18.4. The molecule has 0 aromatic carbocycles. The summed E-state index contributed by atoms with van der Waals surface area (Å²) in [5.74, 6) is 1.92. The first-order valence-corrected chi connectivity index (χ1v) is 8.91. The van der Waals surface area contributed by atoms with E-state index in [1.54, 1.807) is 36.9 Å². The van der Waals surface area contributed by atoms with Crippen LogP contribution in [0.1, 0.15) is 18.5 Å². The molecule has 3 rings (SSSR count). The van der Waals surface area contributed by atoms with Crippen molar-refractivity contribution in [1.29, 1.82) is 0 Å². The second-order valence-corrected chi connectivity index (χ2v) is 6.75. The Labute approximate surface area is 154 Å². The predicted octanol–water partition coefficient (Wildman–Crippen LogP) is 1.80. The normalized spacial score (nSPS) is 17.0. The minimum absolute atomic E-state index is 0.0190. The number of rotatable bonds is 6. The molecule has 1 aliphatic rings. The van der Waals surface area contributed by atoms with E-state index in [0.717, 1.165) is 43.9 Å². The molecule has 0 spiro atoms. The molecule has 1 unspecified atom stereocenters. The van der Waals surface area contributed by atoms with Gasteiger partial charge >= 0.3 is 0 Å². The van der Waals surface area contributed by atoms with E-state index < -0.39 is 0 Å². The van der Waals surface area contributed by atoms with Gasteiger partial charge in [-0.05, 0) is 37.3 Å². The summed E-state index contributed by atoms with van der Waals surface area (Å²) < 4.78 is 5.54. The molecule has 1 atom stereocenters. The Balaban J connectivity index is 1.56. The number of anilines is 1. The van der Waals surface area contributed by atoms with Crippen molar-refractivity contribution in [3.8, 4) is 5.75 Å². The van der Waals surface area contributed by atoms with Crippen LogP contribution in [0.15, 0.2) is 36.9 Å². The van der Waals surface area contributed by atoms with E-state index in [2.05, 4.69) is 15.0 Å². The molecule has 1 fully saturated rings. The standard InChI is InChI=1S/C19H25N5O2/c1-23(2)19-17(21-8-9-22-19)11-15-5-4-10-24(13-15)18(25)14-26-16-6-3-7-20-12-16/h3,6-9,12,15H,4-5,10-11,13-14H2,1-2H3. The molecular weight excluding hydrogens is 330 g/mol. The second-order valence-electron chi connectivity index (χ2n) is 6.75. The summed E-state index contributed by atoms with van der Waals surface area (Å²) in [6, 6.07) is 3.59. The van der Waals surface area contributed by atoms with Crippen molar-refractivity contribution in [1.82, 2.24) is 19.9 Å². The number of amides is 1. The topological polar surface area (TPSA) is 71.5 Å². The molecule has 0 N–H and O–H groups in total. The molecule has 7 nitrogen and oxygen atoms in total. The van der Waals surface area contributed by atoms with Crippen LogP contribution in [-0.4, -0.2) is 59.6 Å². The van der Waals surface area contributed by atoms with Gasteiger partial charge in [-0.15, -0.1) is 0 Å². The highest BCUT2D eigenvalue weighted by molar-refractivity contribution is 5.77. The third kappa shape index (κ3) is 4.68. The van der Waals surface area contributed by atoms with E-state index in [1.165, 1.54) is 0 Å². The van der Waals surface area contributed by atoms with Gasteiger partial charge in [0.05, 0.1) is 11.9 Å². The minimum Gasteiger partial charge on any atom is -0.482 e. The predicted molar refractivity (Wildman–Crippen MR) is 99.1 cm³/mol. The number of carbonyl (C=O) groups excluding carboxylic acids is 1. The van der Waals surface area contributed by atoms with Crippen molar-refractivity contribution in [2.75, 3.05) is 38.7 Å². The Kier molecular flexibility index (Phi) is 5.99. The van der Waals surface area contributed by atoms with E-state index in [1.807, 2.05) is 23.9 Å². The summed E-state index contributed by atoms with van der Waals surface area (Å²) in [7, 11) is 3.94. The molecule has 0 saturated carbocycles. The molecule has 1 aliphatic heterocycles. The highest BCUT2D eigenvalue weighted by Gasteiger charge is 2.25. The Morgan fingerprint density at radius 1 is 1.31 bits per heavy atom. The van der Waals surface area contributed by atoms with Crippen molar-refractivity contribution < 1.29 is 9.53 Å².